The molecule has 1 aliphatic carbocycles. The number of methoxy groups -OCH3 is 1. The molecular weight excluding hydrogens is 238 g/mol. The van der Waals surface area contributed by atoms with Crippen LogP contribution in [0, 0.1) is 5.92 Å². The number of hydrogen-bond donors (Lipinski definition) is 1. The Morgan fingerprint density at radius 2 is 1.84 bits per heavy atom. The Morgan fingerprint density at radius 1 is 1.21 bits per heavy atom. The van der Waals surface area contributed by atoms with Crippen molar-refractivity contribution in [1.29, 1.82) is 0 Å². The highest BCUT2D eigenvalue weighted by Crippen LogP contribution is 2.30. The standard InChI is InChI=1S/C15H31N3O/c1-15(2,19-3)10-14(11-16)18-8-6-17(7-9-18)12-13-4-5-13/h13-14H,4-12,16H2,1-3H3. The predicted octanol–water partition coefficient (Wildman–Crippen LogP) is 1.16. The molecule has 1 atom stereocenters. The van der Waals surface area contributed by atoms with Crippen molar-refractivity contribution in [3.63, 3.8) is 0 Å². The smallest absolute Gasteiger partial charge is 0.0638 e. The number of nitrogens with two attached hydrogens (primary N) is 1. The van der Waals surface area contributed by atoms with Gasteiger partial charge in [0.25, 0.3) is 0 Å². The van der Waals surface area contributed by atoms with Crippen molar-refractivity contribution in [2.24, 2.45) is 11.7 Å². The molecule has 1 saturated carbocycles. The Bertz CT molecular complexity index is 271. The Morgan fingerprint density at radius 3 is 2.32 bits per heavy atom. The summed E-state index contributed by atoms with van der Waals surface area (Å²) in [4.78, 5) is 5.19. The van der Waals surface area contributed by atoms with E-state index in [1.54, 1.807) is 7.11 Å². The monoisotopic (exact) mass is 269 g/mol. The van der Waals surface area contributed by atoms with E-state index in [1.165, 1.54) is 32.5 Å². The first-order valence-corrected chi connectivity index (χ1v) is 7.75. The van der Waals surface area contributed by atoms with Crippen LogP contribution < -0.4 is 5.73 Å². The van der Waals surface area contributed by atoms with Gasteiger partial charge in [0.1, 0.15) is 0 Å². The average Bonchev–Trinajstić information content (AvgIpc) is 3.21. The van der Waals surface area contributed by atoms with E-state index in [2.05, 4.69) is 23.6 Å². The molecule has 112 valence electrons. The highest BCUT2D eigenvalue weighted by atomic mass is 16.5. The topological polar surface area (TPSA) is 41.7 Å². The van der Waals surface area contributed by atoms with Gasteiger partial charge < -0.3 is 15.4 Å². The van der Waals surface area contributed by atoms with Gasteiger partial charge in [0.2, 0.25) is 0 Å². The highest BCUT2D eigenvalue weighted by molar-refractivity contribution is 4.86. The van der Waals surface area contributed by atoms with Crippen LogP contribution in [0.1, 0.15) is 33.1 Å². The molecular formula is C15H31N3O. The Labute approximate surface area is 118 Å². The van der Waals surface area contributed by atoms with Crippen LogP contribution in [-0.4, -0.2) is 67.8 Å². The summed E-state index contributed by atoms with van der Waals surface area (Å²) in [7, 11) is 1.79. The van der Waals surface area contributed by atoms with Crippen molar-refractivity contribution in [2.75, 3.05) is 46.4 Å². The Balaban J connectivity index is 1.77. The quantitative estimate of drug-likeness (QED) is 0.753. The van der Waals surface area contributed by atoms with E-state index >= 15 is 0 Å². The molecule has 0 spiro atoms. The molecule has 1 unspecified atom stereocenters. The Kier molecular flexibility index (Phi) is 5.23. The van der Waals surface area contributed by atoms with Crippen LogP contribution in [0.2, 0.25) is 0 Å². The number of hydrogen-bond acceptors (Lipinski definition) is 4. The number of nitrogens with zero attached hydrogens (tertiary/aromatic N) is 2. The third-order valence-electron chi connectivity index (χ3n) is 4.69. The summed E-state index contributed by atoms with van der Waals surface area (Å²) in [5, 5.41) is 0. The van der Waals surface area contributed by atoms with Crippen LogP contribution in [0.25, 0.3) is 0 Å². The summed E-state index contributed by atoms with van der Waals surface area (Å²) in [6.07, 6.45) is 3.92. The second kappa shape index (κ2) is 6.53. The van der Waals surface area contributed by atoms with Crippen LogP contribution >= 0.6 is 0 Å². The Hall–Kier alpha value is -0.160. The van der Waals surface area contributed by atoms with Crippen molar-refractivity contribution in [2.45, 2.75) is 44.8 Å². The van der Waals surface area contributed by atoms with Gasteiger partial charge in [-0.3, -0.25) is 4.90 Å². The van der Waals surface area contributed by atoms with Crippen LogP contribution in [0.3, 0.4) is 0 Å². The van der Waals surface area contributed by atoms with E-state index < -0.39 is 0 Å². The maximum Gasteiger partial charge on any atom is 0.0638 e. The maximum absolute atomic E-state index is 5.98. The summed E-state index contributed by atoms with van der Waals surface area (Å²) in [5.41, 5.74) is 5.91. The fraction of sp³-hybridized carbons (Fsp3) is 1.00. The maximum atomic E-state index is 5.98. The van der Waals surface area contributed by atoms with E-state index in [0.717, 1.165) is 32.0 Å². The third kappa shape index (κ3) is 4.71. The fourth-order valence-corrected chi connectivity index (χ4v) is 2.99. The van der Waals surface area contributed by atoms with E-state index in [0.29, 0.717) is 6.04 Å². The largest absolute Gasteiger partial charge is 0.379 e. The van der Waals surface area contributed by atoms with Gasteiger partial charge in [-0.1, -0.05) is 0 Å². The lowest BCUT2D eigenvalue weighted by Crippen LogP contribution is -2.54. The minimum atomic E-state index is -0.0742. The molecule has 2 fully saturated rings. The zero-order chi connectivity index (χ0) is 13.9. The lowest BCUT2D eigenvalue weighted by Gasteiger charge is -2.41. The lowest BCUT2D eigenvalue weighted by molar-refractivity contribution is -0.0148. The molecule has 0 amide bonds. The molecule has 4 heteroatoms. The van der Waals surface area contributed by atoms with E-state index in [1.807, 2.05) is 0 Å². The van der Waals surface area contributed by atoms with Gasteiger partial charge in [0, 0.05) is 52.4 Å². The first kappa shape index (κ1) is 15.2. The summed E-state index contributed by atoms with van der Waals surface area (Å²) in [6.45, 7) is 11.1. The number of ether oxygens (including phenoxy) is 1. The second-order valence-corrected chi connectivity index (χ2v) is 6.84. The molecule has 19 heavy (non-hydrogen) atoms. The molecule has 1 aliphatic heterocycles. The van der Waals surface area contributed by atoms with Crippen molar-refractivity contribution in [1.82, 2.24) is 9.80 Å². The normalized spacial score (nSPS) is 24.6. The molecule has 2 N–H and O–H groups in total. The highest BCUT2D eigenvalue weighted by Gasteiger charge is 2.30. The lowest BCUT2D eigenvalue weighted by atomic mass is 9.97. The van der Waals surface area contributed by atoms with Gasteiger partial charge in [-0.15, -0.1) is 0 Å². The van der Waals surface area contributed by atoms with Crippen LogP contribution in [0.5, 0.6) is 0 Å². The third-order valence-corrected chi connectivity index (χ3v) is 4.69. The van der Waals surface area contributed by atoms with Crippen LogP contribution in [-0.2, 0) is 4.74 Å². The first-order valence-electron chi connectivity index (χ1n) is 7.75. The van der Waals surface area contributed by atoms with Crippen molar-refractivity contribution in [3.05, 3.63) is 0 Å². The van der Waals surface area contributed by atoms with Crippen LogP contribution in [0.4, 0.5) is 0 Å². The minimum absolute atomic E-state index is 0.0742. The van der Waals surface area contributed by atoms with Gasteiger partial charge >= 0.3 is 0 Å². The fourth-order valence-electron chi connectivity index (χ4n) is 2.99. The van der Waals surface area contributed by atoms with Gasteiger partial charge in [0.15, 0.2) is 0 Å². The zero-order valence-electron chi connectivity index (χ0n) is 12.9. The van der Waals surface area contributed by atoms with Gasteiger partial charge in [0.05, 0.1) is 5.60 Å². The molecule has 0 aromatic rings. The van der Waals surface area contributed by atoms with Crippen molar-refractivity contribution >= 4 is 0 Å². The number of piperazine rings is 1. The molecule has 0 aromatic carbocycles. The first-order chi connectivity index (χ1) is 9.04. The molecule has 4 nitrogen and oxygen atoms in total. The molecule has 1 heterocycles. The summed E-state index contributed by atoms with van der Waals surface area (Å²) in [5.74, 6) is 1.00. The van der Waals surface area contributed by atoms with Crippen molar-refractivity contribution in [3.8, 4) is 0 Å². The van der Waals surface area contributed by atoms with E-state index in [-0.39, 0.29) is 5.60 Å². The van der Waals surface area contributed by atoms with Gasteiger partial charge in [-0.25, -0.2) is 0 Å². The van der Waals surface area contributed by atoms with Gasteiger partial charge in [-0.2, -0.15) is 0 Å². The van der Waals surface area contributed by atoms with Gasteiger partial charge in [-0.05, 0) is 39.0 Å². The molecule has 0 aromatic heterocycles. The SMILES string of the molecule is COC(C)(C)CC(CN)N1CCN(CC2CC2)CC1. The minimum Gasteiger partial charge on any atom is -0.379 e. The zero-order valence-corrected chi connectivity index (χ0v) is 12.9. The molecule has 0 bridgehead atoms. The summed E-state index contributed by atoms with van der Waals surface area (Å²) < 4.78 is 5.55. The molecule has 2 aliphatic rings. The number of rotatable bonds is 7. The molecule has 1 saturated heterocycles. The molecule has 2 rings (SSSR count). The summed E-state index contributed by atoms with van der Waals surface area (Å²) in [6, 6.07) is 0.457. The predicted molar refractivity (Wildman–Crippen MR) is 79.3 cm³/mol. The van der Waals surface area contributed by atoms with E-state index in [4.69, 9.17) is 10.5 Å². The summed E-state index contributed by atoms with van der Waals surface area (Å²) >= 11 is 0. The van der Waals surface area contributed by atoms with Crippen LogP contribution in [0.15, 0.2) is 0 Å². The van der Waals surface area contributed by atoms with E-state index in [9.17, 15) is 0 Å². The van der Waals surface area contributed by atoms with Crippen molar-refractivity contribution < 1.29 is 4.74 Å². The molecule has 0 radical (unpaired) electrons. The second-order valence-electron chi connectivity index (χ2n) is 6.84. The average molecular weight is 269 g/mol.